The quantitative estimate of drug-likeness (QED) is 0.0313. The maximum absolute atomic E-state index is 12.5. The summed E-state index contributed by atoms with van der Waals surface area (Å²) in [6.45, 7) is 4.46. The van der Waals surface area contributed by atoms with Crippen molar-refractivity contribution in [3.05, 3.63) is 36.5 Å². The molecule has 46 heavy (non-hydrogen) atoms. The van der Waals surface area contributed by atoms with Crippen LogP contribution in [0.2, 0.25) is 0 Å². The minimum Gasteiger partial charge on any atom is -0.387 e. The molecule has 1 amide bonds. The average molecular weight is 670 g/mol. The lowest BCUT2D eigenvalue weighted by Gasteiger charge is -2.22. The van der Waals surface area contributed by atoms with Gasteiger partial charge in [-0.1, -0.05) is 153 Å². The fourth-order valence-electron chi connectivity index (χ4n) is 5.46. The number of carbonyl (C=O) groups is 1. The second-order valence-corrected chi connectivity index (χ2v) is 14.5. The second kappa shape index (κ2) is 32.1. The summed E-state index contributed by atoms with van der Waals surface area (Å²) in [5.41, 5.74) is 0. The van der Waals surface area contributed by atoms with E-state index in [9.17, 15) is 28.0 Å². The van der Waals surface area contributed by atoms with Gasteiger partial charge in [0.05, 0.1) is 17.9 Å². The van der Waals surface area contributed by atoms with E-state index >= 15 is 0 Å². The molecule has 0 heterocycles. The maximum atomic E-state index is 12.5. The summed E-state index contributed by atoms with van der Waals surface area (Å²) in [6.07, 6.45) is 37.8. The molecule has 0 rings (SSSR count). The van der Waals surface area contributed by atoms with Crippen molar-refractivity contribution in [3.8, 4) is 0 Å². The van der Waals surface area contributed by atoms with Gasteiger partial charge in [0.1, 0.15) is 6.10 Å². The number of aliphatic hydroxyl groups excluding tert-OH is 2. The lowest BCUT2D eigenvalue weighted by molar-refractivity contribution is -0.130. The molecule has 0 bridgehead atoms. The summed E-state index contributed by atoms with van der Waals surface area (Å²) >= 11 is 0. The van der Waals surface area contributed by atoms with Crippen molar-refractivity contribution in [2.75, 3.05) is 5.75 Å². The van der Waals surface area contributed by atoms with E-state index in [1.54, 1.807) is 6.08 Å². The van der Waals surface area contributed by atoms with Crippen LogP contribution in [0.4, 0.5) is 0 Å². The largest absolute Gasteiger partial charge is 0.387 e. The van der Waals surface area contributed by atoms with E-state index in [4.69, 9.17) is 0 Å². The van der Waals surface area contributed by atoms with Crippen molar-refractivity contribution in [3.63, 3.8) is 0 Å². The average Bonchev–Trinajstić information content (AvgIpc) is 3.01. The van der Waals surface area contributed by atoms with Crippen molar-refractivity contribution in [2.45, 2.75) is 193 Å². The molecule has 0 aromatic heterocycles. The predicted molar refractivity (Wildman–Crippen MR) is 195 cm³/mol. The van der Waals surface area contributed by atoms with Gasteiger partial charge in [-0.25, -0.2) is 0 Å². The first-order valence-electron chi connectivity index (χ1n) is 18.8. The fourth-order valence-corrected chi connectivity index (χ4v) is 6.20. The van der Waals surface area contributed by atoms with Gasteiger partial charge in [0.2, 0.25) is 5.91 Å². The molecule has 7 nitrogen and oxygen atoms in total. The Bertz CT molecular complexity index is 886. The molecular formula is C38H71NO6S. The first-order valence-corrected chi connectivity index (χ1v) is 20.4. The molecule has 0 saturated carbocycles. The Balaban J connectivity index is 4.16. The van der Waals surface area contributed by atoms with Gasteiger partial charge in [0.25, 0.3) is 10.1 Å². The first kappa shape index (κ1) is 44.5. The van der Waals surface area contributed by atoms with Gasteiger partial charge in [-0.2, -0.15) is 8.42 Å². The molecule has 8 heteroatoms. The fraction of sp³-hybridized carbons (Fsp3) is 0.816. The van der Waals surface area contributed by atoms with Crippen LogP contribution in [0, 0.1) is 0 Å². The summed E-state index contributed by atoms with van der Waals surface area (Å²) in [6, 6.07) is -1.25. The van der Waals surface area contributed by atoms with Gasteiger partial charge in [-0.3, -0.25) is 9.35 Å². The van der Waals surface area contributed by atoms with Crippen molar-refractivity contribution >= 4 is 16.0 Å². The number of nitrogens with one attached hydrogen (secondary N) is 1. The molecule has 0 saturated heterocycles. The molecule has 0 spiro atoms. The van der Waals surface area contributed by atoms with Crippen LogP contribution in [0.3, 0.4) is 0 Å². The zero-order valence-electron chi connectivity index (χ0n) is 29.6. The molecule has 0 aliphatic rings. The number of allylic oxidation sites excluding steroid dienone is 5. The van der Waals surface area contributed by atoms with E-state index in [2.05, 4.69) is 43.5 Å². The molecule has 4 N–H and O–H groups in total. The lowest BCUT2D eigenvalue weighted by Crippen LogP contribution is -2.50. The molecule has 3 unspecified atom stereocenters. The van der Waals surface area contributed by atoms with E-state index in [1.807, 2.05) is 0 Å². The Hall–Kier alpha value is -1.48. The minimum atomic E-state index is -4.45. The number of unbranched alkanes of at least 4 members (excludes halogenated alkanes) is 20. The highest BCUT2D eigenvalue weighted by Gasteiger charge is 2.27. The Morgan fingerprint density at radius 3 is 1.48 bits per heavy atom. The summed E-state index contributed by atoms with van der Waals surface area (Å²) in [4.78, 5) is 12.5. The van der Waals surface area contributed by atoms with Gasteiger partial charge in [0.15, 0.2) is 0 Å². The Kier molecular flexibility index (Phi) is 31.1. The van der Waals surface area contributed by atoms with Crippen LogP contribution in [0.25, 0.3) is 0 Å². The third kappa shape index (κ3) is 31.1. The summed E-state index contributed by atoms with van der Waals surface area (Å²) in [5, 5.41) is 23.2. The number of amides is 1. The zero-order chi connectivity index (χ0) is 34.1. The summed E-state index contributed by atoms with van der Waals surface area (Å²) in [5.74, 6) is -1.57. The minimum absolute atomic E-state index is 0.259. The van der Waals surface area contributed by atoms with Crippen LogP contribution in [0.5, 0.6) is 0 Å². The van der Waals surface area contributed by atoms with Crippen LogP contribution in [0.1, 0.15) is 174 Å². The molecule has 0 fully saturated rings. The molecule has 0 aliphatic carbocycles. The molecule has 3 atom stereocenters. The van der Waals surface area contributed by atoms with Crippen LogP contribution >= 0.6 is 0 Å². The topological polar surface area (TPSA) is 124 Å². The molecular weight excluding hydrogens is 598 g/mol. The van der Waals surface area contributed by atoms with Gasteiger partial charge < -0.3 is 15.5 Å². The van der Waals surface area contributed by atoms with Gasteiger partial charge >= 0.3 is 0 Å². The highest BCUT2D eigenvalue weighted by Crippen LogP contribution is 2.13. The zero-order valence-corrected chi connectivity index (χ0v) is 30.4. The van der Waals surface area contributed by atoms with E-state index < -0.39 is 40.0 Å². The molecule has 0 aromatic carbocycles. The van der Waals surface area contributed by atoms with Gasteiger partial charge in [0, 0.05) is 0 Å². The number of aliphatic hydroxyl groups is 2. The molecule has 0 aromatic rings. The first-order chi connectivity index (χ1) is 22.2. The predicted octanol–water partition coefficient (Wildman–Crippen LogP) is 9.54. The van der Waals surface area contributed by atoms with Gasteiger partial charge in [-0.15, -0.1) is 0 Å². The summed E-state index contributed by atoms with van der Waals surface area (Å²) in [7, 11) is -4.45. The molecule has 270 valence electrons. The maximum Gasteiger partial charge on any atom is 0.267 e. The van der Waals surface area contributed by atoms with E-state index in [0.717, 1.165) is 44.9 Å². The smallest absolute Gasteiger partial charge is 0.267 e. The second-order valence-electron chi connectivity index (χ2n) is 13.0. The van der Waals surface area contributed by atoms with Crippen molar-refractivity contribution in [2.24, 2.45) is 0 Å². The van der Waals surface area contributed by atoms with Crippen molar-refractivity contribution in [1.82, 2.24) is 5.32 Å². The SMILES string of the molecule is CCCCC/C=C\CCCCCCC(O)C(=O)NC(CS(=O)(=O)O)C(O)/C=C/CC/C=C/CCCCCCCCCCCCCC. The standard InChI is InChI=1S/C38H71NO6S/c1-3-5-7-9-11-13-15-16-17-18-19-20-21-23-24-26-28-30-32-36(40)35(34-46(43,44)45)39-38(42)37(41)33-31-29-27-25-22-14-12-10-8-6-4-2/h12,14,23-24,30,32,35-37,40-41H,3-11,13,15-22,25-29,31,33-34H2,1-2H3,(H,39,42)(H,43,44,45)/b14-12-,24-23+,32-30+. The van der Waals surface area contributed by atoms with E-state index in [0.29, 0.717) is 12.8 Å². The highest BCUT2D eigenvalue weighted by atomic mass is 32.2. The van der Waals surface area contributed by atoms with E-state index in [1.165, 1.54) is 102 Å². The highest BCUT2D eigenvalue weighted by molar-refractivity contribution is 7.85. The summed E-state index contributed by atoms with van der Waals surface area (Å²) < 4.78 is 32.4. The van der Waals surface area contributed by atoms with E-state index in [-0.39, 0.29) is 6.42 Å². The third-order valence-corrected chi connectivity index (χ3v) is 9.18. The number of rotatable bonds is 33. The molecule has 0 aliphatic heterocycles. The van der Waals surface area contributed by atoms with Crippen molar-refractivity contribution < 1.29 is 28.0 Å². The Morgan fingerprint density at radius 1 is 0.587 bits per heavy atom. The van der Waals surface area contributed by atoms with Crippen LogP contribution in [0.15, 0.2) is 36.5 Å². The normalized spacial score (nSPS) is 14.5. The van der Waals surface area contributed by atoms with Gasteiger partial charge in [-0.05, 0) is 57.8 Å². The monoisotopic (exact) mass is 670 g/mol. The third-order valence-electron chi connectivity index (χ3n) is 8.40. The number of hydrogen-bond donors (Lipinski definition) is 4. The lowest BCUT2D eigenvalue weighted by atomic mass is 10.0. The molecule has 0 radical (unpaired) electrons. The van der Waals surface area contributed by atoms with Crippen LogP contribution < -0.4 is 5.32 Å². The number of hydrogen-bond acceptors (Lipinski definition) is 5. The van der Waals surface area contributed by atoms with Crippen LogP contribution in [-0.4, -0.2) is 53.1 Å². The Labute approximate surface area is 283 Å². The Morgan fingerprint density at radius 2 is 0.978 bits per heavy atom. The van der Waals surface area contributed by atoms with Crippen molar-refractivity contribution in [1.29, 1.82) is 0 Å². The number of carbonyl (C=O) groups excluding carboxylic acids is 1. The van der Waals surface area contributed by atoms with Crippen LogP contribution in [-0.2, 0) is 14.9 Å².